The minimum absolute atomic E-state index is 0.0487. The molecule has 12 nitrogen and oxygen atoms in total. The van der Waals surface area contributed by atoms with Crippen LogP contribution in [0.25, 0.3) is 0 Å². The molecule has 0 spiro atoms. The topological polar surface area (TPSA) is 172 Å². The van der Waals surface area contributed by atoms with Gasteiger partial charge in [-0.25, -0.2) is 15.0 Å². The lowest BCUT2D eigenvalue weighted by molar-refractivity contribution is -0.114. The number of hydrogen-bond donors (Lipinski definition) is 4. The number of benzene rings is 1. The largest absolute Gasteiger partial charge is 0.437 e. The monoisotopic (exact) mass is 494 g/mol. The summed E-state index contributed by atoms with van der Waals surface area (Å²) in [5, 5.41) is 11.0. The number of hydrogen-bond acceptors (Lipinski definition) is 11. The molecule has 0 aliphatic carbocycles. The van der Waals surface area contributed by atoms with E-state index in [1.807, 2.05) is 0 Å². The predicted octanol–water partition coefficient (Wildman–Crippen LogP) is 1.14. The summed E-state index contributed by atoms with van der Waals surface area (Å²) in [4.78, 5) is 33.7. The van der Waals surface area contributed by atoms with E-state index in [1.165, 1.54) is 6.20 Å². The average Bonchev–Trinajstić information content (AvgIpc) is 2.85. The smallest absolute Gasteiger partial charge is 0.247 e. The third kappa shape index (κ3) is 6.41. The lowest BCUT2D eigenvalue weighted by atomic mass is 10.2. The minimum Gasteiger partial charge on any atom is -0.437 e. The highest BCUT2D eigenvalue weighted by molar-refractivity contribution is 7.99. The van der Waals surface area contributed by atoms with Crippen molar-refractivity contribution in [1.82, 2.24) is 24.8 Å². The van der Waals surface area contributed by atoms with Gasteiger partial charge >= 0.3 is 0 Å². The summed E-state index contributed by atoms with van der Waals surface area (Å²) in [6, 6.07) is 8.56. The lowest BCUT2D eigenvalue weighted by Crippen LogP contribution is -2.44. The molecule has 1 aliphatic rings. The molecule has 1 saturated heterocycles. The van der Waals surface area contributed by atoms with E-state index in [4.69, 9.17) is 21.6 Å². The first-order chi connectivity index (χ1) is 16.9. The van der Waals surface area contributed by atoms with E-state index in [9.17, 15) is 4.79 Å². The van der Waals surface area contributed by atoms with Crippen molar-refractivity contribution in [2.45, 2.75) is 10.3 Å². The number of carbonyl (C=O) groups excluding carboxylic acids is 1. The van der Waals surface area contributed by atoms with Gasteiger partial charge in [-0.2, -0.15) is 4.98 Å². The second kappa shape index (κ2) is 11.1. The standard InChI is InChI=1S/C22H26N10O2S/c1-31-7-9-32(10-8-31)16-13-27-22(35-21-26-6-5-17(29-21)28-18(33)12-23)30-20(16)34-15-4-2-3-14(11-15)19(24)25/h2-6,11,13H,7-10,12,23H2,1H3,(H3,24,25)(H,26,28,29,33). The summed E-state index contributed by atoms with van der Waals surface area (Å²) in [5.74, 6) is 0.818. The van der Waals surface area contributed by atoms with Crippen LogP contribution < -0.4 is 26.4 Å². The van der Waals surface area contributed by atoms with Gasteiger partial charge in [-0.1, -0.05) is 12.1 Å². The van der Waals surface area contributed by atoms with Crippen LogP contribution in [0.15, 0.2) is 53.0 Å². The maximum Gasteiger partial charge on any atom is 0.247 e. The Balaban J connectivity index is 1.62. The second-order valence-electron chi connectivity index (χ2n) is 7.76. The minimum atomic E-state index is -0.351. The molecule has 1 fully saturated rings. The second-order valence-corrected chi connectivity index (χ2v) is 8.69. The van der Waals surface area contributed by atoms with Crippen LogP contribution in [0, 0.1) is 5.41 Å². The zero-order valence-corrected chi connectivity index (χ0v) is 20.0. The molecule has 2 aromatic heterocycles. The van der Waals surface area contributed by atoms with E-state index >= 15 is 0 Å². The van der Waals surface area contributed by atoms with Crippen molar-refractivity contribution in [2.24, 2.45) is 11.5 Å². The Labute approximate surface area is 206 Å². The highest BCUT2D eigenvalue weighted by atomic mass is 32.2. The number of amidine groups is 1. The number of nitrogens with zero attached hydrogens (tertiary/aromatic N) is 6. The molecular formula is C22H26N10O2S. The van der Waals surface area contributed by atoms with Gasteiger partial charge in [0.15, 0.2) is 10.3 Å². The van der Waals surface area contributed by atoms with E-state index in [-0.39, 0.29) is 18.3 Å². The van der Waals surface area contributed by atoms with Gasteiger partial charge in [0.05, 0.1) is 12.7 Å². The number of piperazine rings is 1. The molecule has 182 valence electrons. The molecule has 0 atom stereocenters. The molecule has 6 N–H and O–H groups in total. The number of ether oxygens (including phenoxy) is 1. The number of aromatic nitrogens is 4. The van der Waals surface area contributed by atoms with E-state index in [2.05, 4.69) is 42.1 Å². The van der Waals surface area contributed by atoms with Gasteiger partial charge in [0.1, 0.15) is 23.1 Å². The van der Waals surface area contributed by atoms with Gasteiger partial charge in [-0.05, 0) is 37.0 Å². The number of nitrogen functional groups attached to an aromatic ring is 1. The summed E-state index contributed by atoms with van der Waals surface area (Å²) in [6.07, 6.45) is 3.26. The van der Waals surface area contributed by atoms with Crippen molar-refractivity contribution in [3.63, 3.8) is 0 Å². The normalized spacial score (nSPS) is 13.9. The highest BCUT2D eigenvalue weighted by Gasteiger charge is 2.21. The molecule has 4 rings (SSSR count). The highest BCUT2D eigenvalue weighted by Crippen LogP contribution is 2.34. The molecule has 1 aromatic carbocycles. The zero-order chi connectivity index (χ0) is 24.8. The fourth-order valence-electron chi connectivity index (χ4n) is 3.31. The molecule has 0 unspecified atom stereocenters. The Morgan fingerprint density at radius 2 is 1.94 bits per heavy atom. The van der Waals surface area contributed by atoms with Crippen LogP contribution in [0.4, 0.5) is 11.5 Å². The quantitative estimate of drug-likeness (QED) is 0.201. The van der Waals surface area contributed by atoms with Gasteiger partial charge in [0.2, 0.25) is 11.8 Å². The van der Waals surface area contributed by atoms with Crippen molar-refractivity contribution >= 4 is 35.0 Å². The molecule has 3 heterocycles. The Morgan fingerprint density at radius 1 is 1.17 bits per heavy atom. The van der Waals surface area contributed by atoms with Crippen LogP contribution in [0.3, 0.4) is 0 Å². The Bertz CT molecular complexity index is 1220. The summed E-state index contributed by atoms with van der Waals surface area (Å²) >= 11 is 1.14. The number of carbonyl (C=O) groups is 1. The van der Waals surface area contributed by atoms with Crippen LogP contribution in [0.1, 0.15) is 5.56 Å². The number of rotatable bonds is 8. The number of nitrogens with two attached hydrogens (primary N) is 2. The van der Waals surface area contributed by atoms with Gasteiger partial charge in [-0.15, -0.1) is 0 Å². The van der Waals surface area contributed by atoms with E-state index in [1.54, 1.807) is 36.5 Å². The SMILES string of the molecule is CN1CCN(c2cnc(Sc3nccc(NC(=O)CN)n3)nc2Oc2cccc(C(=N)N)c2)CC1. The fourth-order valence-corrected chi connectivity index (χ4v) is 3.96. The molecule has 3 aromatic rings. The maximum atomic E-state index is 11.6. The van der Waals surface area contributed by atoms with Gasteiger partial charge in [-0.3, -0.25) is 10.2 Å². The van der Waals surface area contributed by atoms with E-state index in [0.29, 0.717) is 33.3 Å². The van der Waals surface area contributed by atoms with Crippen LogP contribution in [0.2, 0.25) is 0 Å². The van der Waals surface area contributed by atoms with Crippen LogP contribution in [-0.2, 0) is 4.79 Å². The number of amides is 1. The molecule has 0 bridgehead atoms. The molecule has 0 radical (unpaired) electrons. The molecule has 35 heavy (non-hydrogen) atoms. The molecule has 13 heteroatoms. The van der Waals surface area contributed by atoms with Gasteiger partial charge < -0.3 is 31.3 Å². The van der Waals surface area contributed by atoms with Crippen molar-refractivity contribution < 1.29 is 9.53 Å². The summed E-state index contributed by atoms with van der Waals surface area (Å²) < 4.78 is 6.17. The number of anilines is 2. The van der Waals surface area contributed by atoms with Crippen LogP contribution >= 0.6 is 11.8 Å². The Morgan fingerprint density at radius 3 is 2.69 bits per heavy atom. The van der Waals surface area contributed by atoms with Gasteiger partial charge in [0, 0.05) is 37.9 Å². The maximum absolute atomic E-state index is 11.6. The molecular weight excluding hydrogens is 468 g/mol. The zero-order valence-electron chi connectivity index (χ0n) is 19.1. The summed E-state index contributed by atoms with van der Waals surface area (Å²) in [5.41, 5.74) is 12.3. The fraction of sp³-hybridized carbons (Fsp3) is 0.273. The third-order valence-electron chi connectivity index (χ3n) is 5.19. The van der Waals surface area contributed by atoms with E-state index in [0.717, 1.165) is 43.6 Å². The van der Waals surface area contributed by atoms with Crippen molar-refractivity contribution in [1.29, 1.82) is 5.41 Å². The predicted molar refractivity (Wildman–Crippen MR) is 133 cm³/mol. The average molecular weight is 495 g/mol. The molecule has 1 amide bonds. The summed E-state index contributed by atoms with van der Waals surface area (Å²) in [6.45, 7) is 3.29. The van der Waals surface area contributed by atoms with E-state index < -0.39 is 0 Å². The Hall–Kier alpha value is -3.81. The van der Waals surface area contributed by atoms with Crippen molar-refractivity contribution in [3.05, 3.63) is 48.3 Å². The molecule has 1 aliphatic heterocycles. The van der Waals surface area contributed by atoms with Crippen LogP contribution in [-0.4, -0.2) is 76.4 Å². The van der Waals surface area contributed by atoms with Crippen LogP contribution in [0.5, 0.6) is 11.6 Å². The van der Waals surface area contributed by atoms with Crippen molar-refractivity contribution in [2.75, 3.05) is 50.0 Å². The molecule has 0 saturated carbocycles. The number of likely N-dealkylation sites (N-methyl/N-ethyl adjacent to an activating group) is 1. The summed E-state index contributed by atoms with van der Waals surface area (Å²) in [7, 11) is 2.09. The van der Waals surface area contributed by atoms with Gasteiger partial charge in [0.25, 0.3) is 0 Å². The first-order valence-corrected chi connectivity index (χ1v) is 11.7. The lowest BCUT2D eigenvalue weighted by Gasteiger charge is -2.34. The van der Waals surface area contributed by atoms with Crippen molar-refractivity contribution in [3.8, 4) is 11.6 Å². The number of nitrogens with one attached hydrogen (secondary N) is 2. The Kier molecular flexibility index (Phi) is 7.70. The third-order valence-corrected chi connectivity index (χ3v) is 5.94. The first kappa shape index (κ1) is 24.3. The first-order valence-electron chi connectivity index (χ1n) is 10.8.